The van der Waals surface area contributed by atoms with Crippen LogP contribution >= 0.6 is 11.8 Å². The first kappa shape index (κ1) is 17.1. The molecule has 0 saturated heterocycles. The Bertz CT molecular complexity index is 1030. The number of hydrogen-bond donors (Lipinski definition) is 1. The number of halogens is 3. The van der Waals surface area contributed by atoms with E-state index in [0.29, 0.717) is 22.3 Å². The molecule has 0 atom stereocenters. The van der Waals surface area contributed by atoms with Crippen molar-refractivity contribution in [2.24, 2.45) is 0 Å². The summed E-state index contributed by atoms with van der Waals surface area (Å²) >= 11 is 1.31. The first-order chi connectivity index (χ1) is 12.4. The summed E-state index contributed by atoms with van der Waals surface area (Å²) in [5.74, 6) is 0.709. The molecule has 4 rings (SSSR count). The normalized spacial score (nSPS) is 14.6. The van der Waals surface area contributed by atoms with Crippen molar-refractivity contribution in [3.63, 3.8) is 0 Å². The third-order valence-electron chi connectivity index (χ3n) is 4.46. The maximum absolute atomic E-state index is 12.8. The lowest BCUT2D eigenvalue weighted by molar-refractivity contribution is -0.137. The van der Waals surface area contributed by atoms with Crippen LogP contribution < -0.4 is 5.56 Å². The van der Waals surface area contributed by atoms with Crippen LogP contribution in [0.25, 0.3) is 5.78 Å². The zero-order valence-corrected chi connectivity index (χ0v) is 14.5. The second-order valence-electron chi connectivity index (χ2n) is 6.21. The summed E-state index contributed by atoms with van der Waals surface area (Å²) in [4.78, 5) is 14.9. The third kappa shape index (κ3) is 3.11. The number of alkyl halides is 3. The molecule has 26 heavy (non-hydrogen) atoms. The minimum Gasteiger partial charge on any atom is -0.290 e. The SMILES string of the molecule is O=c1[nH]c2nnc(SCc3cccc(C(F)(F)F)c3)n2c2c1CCCC2. The molecule has 1 aliphatic carbocycles. The van der Waals surface area contributed by atoms with E-state index in [2.05, 4.69) is 15.2 Å². The van der Waals surface area contributed by atoms with Crippen molar-refractivity contribution >= 4 is 17.5 Å². The summed E-state index contributed by atoms with van der Waals surface area (Å²) < 4.78 is 40.4. The predicted molar refractivity (Wildman–Crippen MR) is 91.3 cm³/mol. The highest BCUT2D eigenvalue weighted by atomic mass is 32.2. The molecule has 136 valence electrons. The highest BCUT2D eigenvalue weighted by molar-refractivity contribution is 7.98. The lowest BCUT2D eigenvalue weighted by Crippen LogP contribution is -2.22. The summed E-state index contributed by atoms with van der Waals surface area (Å²) in [6.45, 7) is 0. The number of benzene rings is 1. The molecular formula is C17H15F3N4OS. The number of hydrogen-bond acceptors (Lipinski definition) is 4. The molecule has 0 radical (unpaired) electrons. The molecule has 0 fully saturated rings. The van der Waals surface area contributed by atoms with Gasteiger partial charge in [-0.3, -0.25) is 14.2 Å². The Balaban J connectivity index is 1.66. The van der Waals surface area contributed by atoms with Gasteiger partial charge in [-0.05, 0) is 37.3 Å². The maximum atomic E-state index is 12.8. The average Bonchev–Trinajstić information content (AvgIpc) is 3.03. The molecule has 5 nitrogen and oxygen atoms in total. The molecule has 2 aromatic heterocycles. The van der Waals surface area contributed by atoms with E-state index in [1.807, 2.05) is 4.40 Å². The van der Waals surface area contributed by atoms with Gasteiger partial charge in [-0.25, -0.2) is 0 Å². The van der Waals surface area contributed by atoms with Gasteiger partial charge < -0.3 is 0 Å². The Morgan fingerprint density at radius 3 is 2.81 bits per heavy atom. The van der Waals surface area contributed by atoms with Crippen molar-refractivity contribution in [3.05, 3.63) is 57.0 Å². The summed E-state index contributed by atoms with van der Waals surface area (Å²) in [5.41, 5.74) is 1.42. The number of aryl methyl sites for hydroxylation is 1. The van der Waals surface area contributed by atoms with Crippen LogP contribution in [-0.4, -0.2) is 19.6 Å². The zero-order chi connectivity index (χ0) is 18.3. The average molecular weight is 380 g/mol. The van der Waals surface area contributed by atoms with Crippen LogP contribution in [0.2, 0.25) is 0 Å². The summed E-state index contributed by atoms with van der Waals surface area (Å²) in [7, 11) is 0. The van der Waals surface area contributed by atoms with E-state index >= 15 is 0 Å². The number of aromatic amines is 1. The molecule has 3 aromatic rings. The molecule has 0 spiro atoms. The number of aromatic nitrogens is 4. The largest absolute Gasteiger partial charge is 0.416 e. The van der Waals surface area contributed by atoms with Crippen molar-refractivity contribution in [1.29, 1.82) is 0 Å². The molecular weight excluding hydrogens is 365 g/mol. The highest BCUT2D eigenvalue weighted by Gasteiger charge is 2.30. The number of nitrogens with one attached hydrogen (secondary N) is 1. The quantitative estimate of drug-likeness (QED) is 0.705. The first-order valence-electron chi connectivity index (χ1n) is 8.21. The van der Waals surface area contributed by atoms with E-state index in [1.54, 1.807) is 6.07 Å². The fourth-order valence-corrected chi connectivity index (χ4v) is 4.13. The Kier molecular flexibility index (Phi) is 4.26. The number of nitrogens with zero attached hydrogens (tertiary/aromatic N) is 3. The van der Waals surface area contributed by atoms with E-state index in [-0.39, 0.29) is 5.56 Å². The van der Waals surface area contributed by atoms with E-state index < -0.39 is 11.7 Å². The molecule has 2 heterocycles. The van der Waals surface area contributed by atoms with Crippen LogP contribution in [0.1, 0.15) is 35.2 Å². The van der Waals surface area contributed by atoms with Gasteiger partial charge in [0.2, 0.25) is 5.78 Å². The second kappa shape index (κ2) is 6.46. The van der Waals surface area contributed by atoms with Crippen LogP contribution in [0.3, 0.4) is 0 Å². The Labute approximate surface area is 150 Å². The second-order valence-corrected chi connectivity index (χ2v) is 7.16. The van der Waals surface area contributed by atoms with Gasteiger partial charge in [-0.15, -0.1) is 10.2 Å². The fraction of sp³-hybridized carbons (Fsp3) is 0.353. The topological polar surface area (TPSA) is 63.0 Å². The van der Waals surface area contributed by atoms with Crippen molar-refractivity contribution in [2.75, 3.05) is 0 Å². The zero-order valence-electron chi connectivity index (χ0n) is 13.6. The Morgan fingerprint density at radius 2 is 2.00 bits per heavy atom. The maximum Gasteiger partial charge on any atom is 0.416 e. The monoisotopic (exact) mass is 380 g/mol. The van der Waals surface area contributed by atoms with E-state index in [0.717, 1.165) is 49.1 Å². The summed E-state index contributed by atoms with van der Waals surface area (Å²) in [5, 5.41) is 8.70. The minimum absolute atomic E-state index is 0.131. The van der Waals surface area contributed by atoms with Gasteiger partial charge in [-0.2, -0.15) is 13.2 Å². The molecule has 0 bridgehead atoms. The van der Waals surface area contributed by atoms with Crippen molar-refractivity contribution in [1.82, 2.24) is 19.6 Å². The molecule has 1 N–H and O–H groups in total. The molecule has 0 saturated carbocycles. The molecule has 1 aromatic carbocycles. The van der Waals surface area contributed by atoms with E-state index in [4.69, 9.17) is 0 Å². The fourth-order valence-electron chi connectivity index (χ4n) is 3.23. The molecule has 0 aliphatic heterocycles. The lowest BCUT2D eigenvalue weighted by Gasteiger charge is -2.16. The molecule has 1 aliphatic rings. The predicted octanol–water partition coefficient (Wildman–Crippen LogP) is 3.61. The van der Waals surface area contributed by atoms with Crippen LogP contribution in [0.4, 0.5) is 13.2 Å². The number of fused-ring (bicyclic) bond motifs is 3. The number of rotatable bonds is 3. The summed E-state index contributed by atoms with van der Waals surface area (Å²) in [6, 6.07) is 5.26. The van der Waals surface area contributed by atoms with Crippen LogP contribution in [0, 0.1) is 0 Å². The van der Waals surface area contributed by atoms with E-state index in [9.17, 15) is 18.0 Å². The van der Waals surface area contributed by atoms with Crippen molar-refractivity contribution in [3.8, 4) is 0 Å². The van der Waals surface area contributed by atoms with Crippen LogP contribution in [0.5, 0.6) is 0 Å². The van der Waals surface area contributed by atoms with Crippen LogP contribution in [0.15, 0.2) is 34.2 Å². The van der Waals surface area contributed by atoms with Gasteiger partial charge in [0.1, 0.15) is 0 Å². The standard InChI is InChI=1S/C17H15F3N4OS/c18-17(19,20)11-5-3-4-10(8-11)9-26-16-23-22-15-21-14(25)12-6-1-2-7-13(12)24(15)16/h3-5,8H,1-2,6-7,9H2,(H,21,22,25). The van der Waals surface area contributed by atoms with Gasteiger partial charge in [0, 0.05) is 17.0 Å². The minimum atomic E-state index is -4.36. The van der Waals surface area contributed by atoms with Crippen molar-refractivity contribution in [2.45, 2.75) is 42.8 Å². The molecule has 9 heteroatoms. The number of H-pyrrole nitrogens is 1. The van der Waals surface area contributed by atoms with Gasteiger partial charge in [0.05, 0.1) is 5.56 Å². The van der Waals surface area contributed by atoms with Gasteiger partial charge >= 0.3 is 6.18 Å². The van der Waals surface area contributed by atoms with E-state index in [1.165, 1.54) is 17.8 Å². The van der Waals surface area contributed by atoms with Crippen LogP contribution in [-0.2, 0) is 24.8 Å². The van der Waals surface area contributed by atoms with Gasteiger partial charge in [0.25, 0.3) is 5.56 Å². The molecule has 0 unspecified atom stereocenters. The lowest BCUT2D eigenvalue weighted by atomic mass is 9.97. The van der Waals surface area contributed by atoms with Crippen molar-refractivity contribution < 1.29 is 13.2 Å². The first-order valence-corrected chi connectivity index (χ1v) is 9.20. The summed E-state index contributed by atoms with van der Waals surface area (Å²) in [6.07, 6.45) is -0.917. The molecule has 0 amide bonds. The Hall–Kier alpha value is -2.29. The van der Waals surface area contributed by atoms with Gasteiger partial charge in [-0.1, -0.05) is 30.0 Å². The van der Waals surface area contributed by atoms with Gasteiger partial charge in [0.15, 0.2) is 5.16 Å². The Morgan fingerprint density at radius 1 is 1.19 bits per heavy atom. The smallest absolute Gasteiger partial charge is 0.290 e. The highest BCUT2D eigenvalue weighted by Crippen LogP contribution is 2.31. The number of thioether (sulfide) groups is 1. The third-order valence-corrected chi connectivity index (χ3v) is 5.46.